The molecule has 0 heterocycles. The van der Waals surface area contributed by atoms with Crippen molar-refractivity contribution in [1.82, 2.24) is 5.32 Å². The third kappa shape index (κ3) is 5.43. The van der Waals surface area contributed by atoms with Crippen molar-refractivity contribution in [2.75, 3.05) is 18.4 Å². The van der Waals surface area contributed by atoms with Crippen molar-refractivity contribution >= 4 is 39.2 Å². The molecule has 10 heteroatoms. The lowest BCUT2D eigenvalue weighted by Crippen LogP contribution is -2.44. The van der Waals surface area contributed by atoms with Gasteiger partial charge in [-0.2, -0.15) is 0 Å². The number of hydrogen-bond donors (Lipinski definition) is 3. The van der Waals surface area contributed by atoms with Crippen molar-refractivity contribution in [3.8, 4) is 0 Å². The number of nitrogens with one attached hydrogen (secondary N) is 2. The van der Waals surface area contributed by atoms with E-state index < -0.39 is 34.5 Å². The number of methoxy groups -OCH3 is 1. The summed E-state index contributed by atoms with van der Waals surface area (Å²) >= 11 is 5.84. The van der Waals surface area contributed by atoms with E-state index in [9.17, 15) is 18.0 Å². The molecule has 3 N–H and O–H groups in total. The van der Waals surface area contributed by atoms with Crippen LogP contribution in [0.15, 0.2) is 53.4 Å². The molecule has 0 unspecified atom stereocenters. The summed E-state index contributed by atoms with van der Waals surface area (Å²) < 4.78 is 31.9. The van der Waals surface area contributed by atoms with Gasteiger partial charge in [-0.05, 0) is 36.4 Å². The molecule has 0 bridgehead atoms. The van der Waals surface area contributed by atoms with Crippen LogP contribution in [0.4, 0.5) is 5.69 Å². The summed E-state index contributed by atoms with van der Waals surface area (Å²) in [6, 6.07) is 10.1. The minimum absolute atomic E-state index is 0.00804. The number of anilines is 1. The first-order valence-corrected chi connectivity index (χ1v) is 9.51. The molecule has 0 aromatic heterocycles. The van der Waals surface area contributed by atoms with E-state index in [0.29, 0.717) is 5.02 Å². The zero-order valence-corrected chi connectivity index (χ0v) is 15.8. The van der Waals surface area contributed by atoms with Crippen LogP contribution in [0.3, 0.4) is 0 Å². The van der Waals surface area contributed by atoms with E-state index in [2.05, 4.69) is 14.8 Å². The first-order valence-electron chi connectivity index (χ1n) is 7.65. The van der Waals surface area contributed by atoms with E-state index in [1.54, 1.807) is 12.1 Å². The van der Waals surface area contributed by atoms with Crippen LogP contribution in [0.1, 0.15) is 10.4 Å². The number of aliphatic hydroxyl groups is 1. The topological polar surface area (TPSA) is 122 Å². The Morgan fingerprint density at radius 2 is 1.89 bits per heavy atom. The Hall–Kier alpha value is -2.62. The van der Waals surface area contributed by atoms with Gasteiger partial charge in [0.25, 0.3) is 15.9 Å². The van der Waals surface area contributed by atoms with Gasteiger partial charge in [-0.3, -0.25) is 9.52 Å². The monoisotopic (exact) mass is 412 g/mol. The lowest BCUT2D eigenvalue weighted by atomic mass is 10.2. The number of amides is 1. The predicted octanol–water partition coefficient (Wildman–Crippen LogP) is 1.40. The molecule has 2 rings (SSSR count). The Bertz CT molecular complexity index is 948. The highest BCUT2D eigenvalue weighted by Gasteiger charge is 2.22. The highest BCUT2D eigenvalue weighted by Crippen LogP contribution is 2.20. The Labute approximate surface area is 161 Å². The number of hydrogen-bond acceptors (Lipinski definition) is 6. The zero-order chi connectivity index (χ0) is 20.0. The van der Waals surface area contributed by atoms with Gasteiger partial charge in [0, 0.05) is 10.6 Å². The molecular weight excluding hydrogens is 396 g/mol. The summed E-state index contributed by atoms with van der Waals surface area (Å²) in [5.74, 6) is -1.56. The molecule has 0 aliphatic carbocycles. The number of sulfonamides is 1. The largest absolute Gasteiger partial charge is 0.467 e. The van der Waals surface area contributed by atoms with Crippen molar-refractivity contribution in [3.05, 3.63) is 59.1 Å². The van der Waals surface area contributed by atoms with Crippen LogP contribution in [0.25, 0.3) is 0 Å². The van der Waals surface area contributed by atoms with Gasteiger partial charge in [0.2, 0.25) is 0 Å². The number of rotatable bonds is 7. The van der Waals surface area contributed by atoms with E-state index >= 15 is 0 Å². The molecule has 0 spiro atoms. The van der Waals surface area contributed by atoms with Gasteiger partial charge < -0.3 is 15.2 Å². The van der Waals surface area contributed by atoms with Crippen LogP contribution in [-0.4, -0.2) is 45.2 Å². The second kappa shape index (κ2) is 8.85. The zero-order valence-electron chi connectivity index (χ0n) is 14.2. The maximum Gasteiger partial charge on any atom is 0.330 e. The average Bonchev–Trinajstić information content (AvgIpc) is 2.65. The molecule has 2 aromatic carbocycles. The predicted molar refractivity (Wildman–Crippen MR) is 99.1 cm³/mol. The smallest absolute Gasteiger partial charge is 0.330 e. The van der Waals surface area contributed by atoms with Crippen LogP contribution in [-0.2, 0) is 19.6 Å². The maximum absolute atomic E-state index is 12.5. The second-order valence-corrected chi connectivity index (χ2v) is 7.49. The fourth-order valence-corrected chi connectivity index (χ4v) is 3.42. The fraction of sp³-hybridized carbons (Fsp3) is 0.176. The third-order valence-electron chi connectivity index (χ3n) is 3.46. The SMILES string of the molecule is COC(=O)[C@H](CO)NC(=O)c1cccc(S(=O)(=O)Nc2cccc(Cl)c2)c1. The lowest BCUT2D eigenvalue weighted by molar-refractivity contribution is -0.143. The Kier molecular flexibility index (Phi) is 6.78. The lowest BCUT2D eigenvalue weighted by Gasteiger charge is -2.14. The van der Waals surface area contributed by atoms with Crippen molar-refractivity contribution in [2.45, 2.75) is 10.9 Å². The second-order valence-electron chi connectivity index (χ2n) is 5.38. The number of carbonyl (C=O) groups is 2. The summed E-state index contributed by atoms with van der Waals surface area (Å²) in [6.45, 7) is -0.660. The van der Waals surface area contributed by atoms with Crippen LogP contribution in [0.5, 0.6) is 0 Å². The van der Waals surface area contributed by atoms with Gasteiger partial charge >= 0.3 is 5.97 Å². The van der Waals surface area contributed by atoms with Crippen LogP contribution < -0.4 is 10.0 Å². The minimum Gasteiger partial charge on any atom is -0.467 e. The van der Waals surface area contributed by atoms with Crippen molar-refractivity contribution < 1.29 is 27.9 Å². The quantitative estimate of drug-likeness (QED) is 0.591. The van der Waals surface area contributed by atoms with Crippen molar-refractivity contribution in [1.29, 1.82) is 0 Å². The fourth-order valence-electron chi connectivity index (χ4n) is 2.13. The van der Waals surface area contributed by atoms with Gasteiger partial charge in [-0.15, -0.1) is 0 Å². The Balaban J connectivity index is 2.23. The highest BCUT2D eigenvalue weighted by atomic mass is 35.5. The van der Waals surface area contributed by atoms with Crippen LogP contribution in [0, 0.1) is 0 Å². The molecule has 2 aromatic rings. The molecule has 27 heavy (non-hydrogen) atoms. The molecule has 0 saturated heterocycles. The molecule has 0 aliphatic heterocycles. The molecule has 0 fully saturated rings. The normalized spacial score (nSPS) is 12.1. The molecule has 144 valence electrons. The summed E-state index contributed by atoms with van der Waals surface area (Å²) in [4.78, 5) is 23.5. The van der Waals surface area contributed by atoms with Gasteiger partial charge in [0.05, 0.1) is 24.3 Å². The number of halogens is 1. The Morgan fingerprint density at radius 1 is 1.19 bits per heavy atom. The molecule has 0 aliphatic rings. The number of ether oxygens (including phenoxy) is 1. The number of carbonyl (C=O) groups excluding carboxylic acids is 2. The van der Waals surface area contributed by atoms with Crippen LogP contribution >= 0.6 is 11.6 Å². The molecule has 1 atom stereocenters. The molecule has 0 radical (unpaired) electrons. The van der Waals surface area contributed by atoms with Crippen molar-refractivity contribution in [2.24, 2.45) is 0 Å². The minimum atomic E-state index is -3.97. The summed E-state index contributed by atoms with van der Waals surface area (Å²) in [7, 11) is -2.85. The van der Waals surface area contributed by atoms with E-state index in [0.717, 1.165) is 13.2 Å². The van der Waals surface area contributed by atoms with Gasteiger partial charge in [0.1, 0.15) is 0 Å². The van der Waals surface area contributed by atoms with Gasteiger partial charge in [0.15, 0.2) is 6.04 Å². The van der Waals surface area contributed by atoms with E-state index in [1.807, 2.05) is 0 Å². The summed E-state index contributed by atoms with van der Waals surface area (Å²) in [6.07, 6.45) is 0. The van der Waals surface area contributed by atoms with Gasteiger partial charge in [-0.1, -0.05) is 23.7 Å². The third-order valence-corrected chi connectivity index (χ3v) is 5.07. The molecule has 0 saturated carbocycles. The number of aliphatic hydroxyl groups excluding tert-OH is 1. The summed E-state index contributed by atoms with van der Waals surface area (Å²) in [5, 5.41) is 11.8. The first-order chi connectivity index (χ1) is 12.8. The van der Waals surface area contributed by atoms with E-state index in [4.69, 9.17) is 16.7 Å². The number of benzene rings is 2. The van der Waals surface area contributed by atoms with Crippen LogP contribution in [0.2, 0.25) is 5.02 Å². The molecule has 8 nitrogen and oxygen atoms in total. The number of esters is 1. The standard InChI is InChI=1S/C17H17ClN2O6S/c1-26-17(23)15(10-21)19-16(22)11-4-2-7-14(8-11)27(24,25)20-13-6-3-5-12(18)9-13/h2-9,15,20-21H,10H2,1H3,(H,19,22)/t15-/m0/s1. The van der Waals surface area contributed by atoms with E-state index in [-0.39, 0.29) is 16.1 Å². The maximum atomic E-state index is 12.5. The molecular formula is C17H17ClN2O6S. The summed E-state index contributed by atoms with van der Waals surface area (Å²) in [5.41, 5.74) is 0.259. The Morgan fingerprint density at radius 3 is 2.52 bits per heavy atom. The van der Waals surface area contributed by atoms with Gasteiger partial charge in [-0.25, -0.2) is 13.2 Å². The first kappa shape index (κ1) is 20.7. The molecule has 1 amide bonds. The van der Waals surface area contributed by atoms with Crippen molar-refractivity contribution in [3.63, 3.8) is 0 Å². The average molecular weight is 413 g/mol. The van der Waals surface area contributed by atoms with E-state index in [1.165, 1.54) is 30.3 Å². The highest BCUT2D eigenvalue weighted by molar-refractivity contribution is 7.92.